The summed E-state index contributed by atoms with van der Waals surface area (Å²) >= 11 is 1.47. The first-order valence-corrected chi connectivity index (χ1v) is 12.5. The number of ether oxygens (including phenoxy) is 1. The van der Waals surface area contributed by atoms with Crippen molar-refractivity contribution >= 4 is 38.2 Å². The van der Waals surface area contributed by atoms with Crippen molar-refractivity contribution in [2.24, 2.45) is 5.92 Å². The Bertz CT molecular complexity index is 1040. The number of rotatable bonds is 8. The number of ketones is 1. The van der Waals surface area contributed by atoms with Gasteiger partial charge in [0, 0.05) is 23.5 Å². The van der Waals surface area contributed by atoms with Gasteiger partial charge in [-0.15, -0.1) is 11.3 Å². The highest BCUT2D eigenvalue weighted by atomic mass is 32.2. The number of nitrogens with zero attached hydrogens (tertiary/aromatic N) is 2. The van der Waals surface area contributed by atoms with E-state index in [-0.39, 0.29) is 42.2 Å². The van der Waals surface area contributed by atoms with E-state index in [1.165, 1.54) is 27.8 Å². The Morgan fingerprint density at radius 2 is 1.97 bits per heavy atom. The third-order valence-corrected chi connectivity index (χ3v) is 8.22. The molecule has 2 aromatic rings. The van der Waals surface area contributed by atoms with E-state index in [4.69, 9.17) is 4.74 Å². The van der Waals surface area contributed by atoms with Gasteiger partial charge in [-0.2, -0.15) is 4.31 Å². The maximum atomic E-state index is 13.1. The molecule has 1 aliphatic heterocycles. The van der Waals surface area contributed by atoms with E-state index in [2.05, 4.69) is 10.3 Å². The Morgan fingerprint density at radius 1 is 1.26 bits per heavy atom. The van der Waals surface area contributed by atoms with E-state index in [1.54, 1.807) is 19.1 Å². The minimum absolute atomic E-state index is 0.0286. The molecule has 1 fully saturated rings. The molecule has 10 heteroatoms. The van der Waals surface area contributed by atoms with Crippen molar-refractivity contribution in [3.05, 3.63) is 40.4 Å². The summed E-state index contributed by atoms with van der Waals surface area (Å²) in [6.07, 6.45) is 0.848. The highest BCUT2D eigenvalue weighted by Gasteiger charge is 2.33. The molecule has 1 aromatic carbocycles. The Balaban J connectivity index is 1.65. The maximum Gasteiger partial charge on any atom is 0.309 e. The summed E-state index contributed by atoms with van der Waals surface area (Å²) in [5, 5.41) is 3.67. The molecule has 0 spiro atoms. The van der Waals surface area contributed by atoms with Gasteiger partial charge in [-0.05, 0) is 45.7 Å². The van der Waals surface area contributed by atoms with Gasteiger partial charge in [-0.1, -0.05) is 12.1 Å². The van der Waals surface area contributed by atoms with Crippen molar-refractivity contribution in [3.63, 3.8) is 0 Å². The fraction of sp³-hybridized carbons (Fsp3) is 0.476. The van der Waals surface area contributed by atoms with Crippen molar-refractivity contribution in [2.75, 3.05) is 31.6 Å². The molecule has 0 atom stereocenters. The molecule has 1 N–H and O–H groups in total. The quantitative estimate of drug-likeness (QED) is 0.472. The van der Waals surface area contributed by atoms with Crippen LogP contribution in [0.2, 0.25) is 0 Å². The van der Waals surface area contributed by atoms with Crippen molar-refractivity contribution < 1.29 is 22.7 Å². The Labute approximate surface area is 186 Å². The van der Waals surface area contributed by atoms with E-state index in [9.17, 15) is 18.0 Å². The van der Waals surface area contributed by atoms with Gasteiger partial charge in [0.15, 0.2) is 10.9 Å². The normalized spacial score (nSPS) is 15.6. The number of carbonyl (C=O) groups is 2. The zero-order valence-electron chi connectivity index (χ0n) is 17.9. The van der Waals surface area contributed by atoms with Crippen LogP contribution in [-0.2, 0) is 19.6 Å². The summed E-state index contributed by atoms with van der Waals surface area (Å²) in [7, 11) is -3.75. The molecule has 168 valence electrons. The predicted octanol–water partition coefficient (Wildman–Crippen LogP) is 3.02. The van der Waals surface area contributed by atoms with E-state index in [0.29, 0.717) is 30.1 Å². The van der Waals surface area contributed by atoms with Crippen LogP contribution < -0.4 is 5.32 Å². The fourth-order valence-electron chi connectivity index (χ4n) is 3.38. The second-order valence-corrected chi connectivity index (χ2v) is 10.5. The average molecular weight is 466 g/mol. The van der Waals surface area contributed by atoms with Crippen LogP contribution in [0.5, 0.6) is 0 Å². The third kappa shape index (κ3) is 5.50. The molecular formula is C21H27N3O5S2. The molecule has 0 amide bonds. The smallest absolute Gasteiger partial charge is 0.309 e. The van der Waals surface area contributed by atoms with Crippen LogP contribution in [0.1, 0.15) is 40.7 Å². The zero-order valence-corrected chi connectivity index (χ0v) is 19.5. The number of esters is 1. The number of anilines is 1. The summed E-state index contributed by atoms with van der Waals surface area (Å²) in [6, 6.07) is 6.08. The van der Waals surface area contributed by atoms with E-state index >= 15 is 0 Å². The predicted molar refractivity (Wildman–Crippen MR) is 119 cm³/mol. The second-order valence-electron chi connectivity index (χ2n) is 7.40. The lowest BCUT2D eigenvalue weighted by Crippen LogP contribution is -2.40. The molecule has 1 aromatic heterocycles. The number of Topliss-reactive ketones (excluding diaryl/α,β-unsaturated/α-hetero) is 1. The van der Waals surface area contributed by atoms with Crippen molar-refractivity contribution in [1.29, 1.82) is 0 Å². The highest BCUT2D eigenvalue weighted by Crippen LogP contribution is 2.25. The van der Waals surface area contributed by atoms with Gasteiger partial charge in [-0.3, -0.25) is 9.59 Å². The first-order chi connectivity index (χ1) is 14.7. The topological polar surface area (TPSA) is 106 Å². The largest absolute Gasteiger partial charge is 0.466 e. The van der Waals surface area contributed by atoms with Gasteiger partial charge in [0.2, 0.25) is 10.0 Å². The Kier molecular flexibility index (Phi) is 7.45. The Morgan fingerprint density at radius 3 is 2.58 bits per heavy atom. The lowest BCUT2D eigenvalue weighted by Gasteiger charge is -2.30. The molecule has 0 radical (unpaired) electrons. The molecule has 31 heavy (non-hydrogen) atoms. The third-order valence-electron chi connectivity index (χ3n) is 5.30. The van der Waals surface area contributed by atoms with Crippen LogP contribution in [0.25, 0.3) is 0 Å². The summed E-state index contributed by atoms with van der Waals surface area (Å²) in [4.78, 5) is 30.0. The summed E-state index contributed by atoms with van der Waals surface area (Å²) in [5.41, 5.74) is 1.24. The number of carbonyl (C=O) groups excluding carboxylic acids is 2. The fourth-order valence-corrected chi connectivity index (χ4v) is 5.70. The number of piperidine rings is 1. The highest BCUT2D eigenvalue weighted by molar-refractivity contribution is 7.89. The number of hydrogen-bond donors (Lipinski definition) is 1. The van der Waals surface area contributed by atoms with E-state index in [1.807, 2.05) is 13.8 Å². The molecular weight excluding hydrogens is 438 g/mol. The lowest BCUT2D eigenvalue weighted by atomic mass is 9.98. The molecule has 0 aliphatic carbocycles. The number of aryl methyl sites for hydroxylation is 2. The van der Waals surface area contributed by atoms with Gasteiger partial charge in [0.25, 0.3) is 0 Å². The summed E-state index contributed by atoms with van der Waals surface area (Å²) in [6.45, 7) is 6.45. The number of thiazole rings is 1. The minimum Gasteiger partial charge on any atom is -0.466 e. The minimum atomic E-state index is -3.75. The van der Waals surface area contributed by atoms with Crippen LogP contribution in [0.3, 0.4) is 0 Å². The van der Waals surface area contributed by atoms with Crippen LogP contribution in [0.15, 0.2) is 29.2 Å². The molecule has 2 heterocycles. The molecule has 8 nitrogen and oxygen atoms in total. The first-order valence-electron chi connectivity index (χ1n) is 10.2. The first kappa shape index (κ1) is 23.4. The van der Waals surface area contributed by atoms with Gasteiger partial charge in [0.05, 0.1) is 29.7 Å². The molecule has 0 saturated carbocycles. The van der Waals surface area contributed by atoms with Crippen molar-refractivity contribution in [1.82, 2.24) is 9.29 Å². The van der Waals surface area contributed by atoms with Crippen LogP contribution >= 0.6 is 11.3 Å². The van der Waals surface area contributed by atoms with Gasteiger partial charge in [0.1, 0.15) is 0 Å². The summed E-state index contributed by atoms with van der Waals surface area (Å²) < 4.78 is 32.5. The standard InChI is InChI=1S/C21H27N3O5S2/c1-4-29-20(26)16-8-10-24(11-9-16)31(27,28)18-7-5-6-17(12-18)19(25)13-22-21-23-14(2)15(3)30-21/h5-7,12,16H,4,8-11,13H2,1-3H3,(H,22,23). The van der Waals surface area contributed by atoms with Crippen LogP contribution in [0.4, 0.5) is 5.13 Å². The van der Waals surface area contributed by atoms with Gasteiger partial charge in [-0.25, -0.2) is 13.4 Å². The monoisotopic (exact) mass is 465 g/mol. The molecule has 0 unspecified atom stereocenters. The SMILES string of the molecule is CCOC(=O)C1CCN(S(=O)(=O)c2cccc(C(=O)CNc3nc(C)c(C)s3)c2)CC1. The van der Waals surface area contributed by atoms with Gasteiger partial charge >= 0.3 is 5.97 Å². The number of benzene rings is 1. The molecule has 0 bridgehead atoms. The van der Waals surface area contributed by atoms with Crippen molar-refractivity contribution in [2.45, 2.75) is 38.5 Å². The van der Waals surface area contributed by atoms with E-state index in [0.717, 1.165) is 10.6 Å². The second kappa shape index (κ2) is 9.88. The van der Waals surface area contributed by atoms with Crippen LogP contribution in [0, 0.1) is 19.8 Å². The Hall–Kier alpha value is -2.30. The summed E-state index contributed by atoms with van der Waals surface area (Å²) in [5.74, 6) is -0.766. The molecule has 3 rings (SSSR count). The maximum absolute atomic E-state index is 13.1. The number of hydrogen-bond acceptors (Lipinski definition) is 8. The van der Waals surface area contributed by atoms with Crippen molar-refractivity contribution in [3.8, 4) is 0 Å². The lowest BCUT2D eigenvalue weighted by molar-refractivity contribution is -0.149. The van der Waals surface area contributed by atoms with Crippen LogP contribution in [-0.4, -0.2) is 55.7 Å². The average Bonchev–Trinajstić information content (AvgIpc) is 3.09. The number of nitrogens with one attached hydrogen (secondary N) is 1. The molecule has 1 aliphatic rings. The zero-order chi connectivity index (χ0) is 22.6. The van der Waals surface area contributed by atoms with E-state index < -0.39 is 10.0 Å². The number of aromatic nitrogens is 1. The van der Waals surface area contributed by atoms with Gasteiger partial charge < -0.3 is 10.1 Å². The molecule has 1 saturated heterocycles. The number of sulfonamides is 1.